The molecule has 1 N–H and O–H groups in total. The van der Waals surface area contributed by atoms with Gasteiger partial charge >= 0.3 is 0 Å². The molecular formula is C19H19F3N2O4. The Morgan fingerprint density at radius 2 is 1.75 bits per heavy atom. The summed E-state index contributed by atoms with van der Waals surface area (Å²) in [5, 5.41) is 2.16. The standard InChI is InChI=1S/C19H19F3N2O4/c1-11(25)24(15-10-12(27-2)4-7-16(15)28-3)9-8-17(26)23-14-6-5-13(20)18(21)19(14)22/h4-7,10H,8-9H2,1-3H3,(H,23,26). The van der Waals surface area contributed by atoms with Crippen LogP contribution in [0.4, 0.5) is 24.5 Å². The molecule has 0 aliphatic rings. The van der Waals surface area contributed by atoms with Crippen molar-refractivity contribution in [1.82, 2.24) is 0 Å². The lowest BCUT2D eigenvalue weighted by molar-refractivity contribution is -0.117. The van der Waals surface area contributed by atoms with E-state index in [-0.39, 0.29) is 18.9 Å². The van der Waals surface area contributed by atoms with Crippen molar-refractivity contribution < 1.29 is 32.2 Å². The molecule has 0 saturated heterocycles. The maximum atomic E-state index is 13.7. The van der Waals surface area contributed by atoms with Gasteiger partial charge in [-0.25, -0.2) is 13.2 Å². The molecule has 2 amide bonds. The Labute approximate surface area is 159 Å². The number of methoxy groups -OCH3 is 2. The third-order valence-electron chi connectivity index (χ3n) is 3.93. The van der Waals surface area contributed by atoms with Crippen LogP contribution in [0.5, 0.6) is 11.5 Å². The van der Waals surface area contributed by atoms with Crippen molar-refractivity contribution in [3.63, 3.8) is 0 Å². The number of rotatable bonds is 7. The van der Waals surface area contributed by atoms with Gasteiger partial charge in [-0.3, -0.25) is 9.59 Å². The molecule has 0 saturated carbocycles. The summed E-state index contributed by atoms with van der Waals surface area (Å²) in [5.74, 6) is -4.70. The van der Waals surface area contributed by atoms with E-state index < -0.39 is 29.0 Å². The van der Waals surface area contributed by atoms with Crippen molar-refractivity contribution in [3.05, 3.63) is 47.8 Å². The predicted octanol–water partition coefficient (Wildman–Crippen LogP) is 3.50. The average molecular weight is 396 g/mol. The van der Waals surface area contributed by atoms with Crippen LogP contribution < -0.4 is 19.7 Å². The fraction of sp³-hybridized carbons (Fsp3) is 0.263. The van der Waals surface area contributed by atoms with E-state index in [9.17, 15) is 22.8 Å². The fourth-order valence-corrected chi connectivity index (χ4v) is 2.50. The average Bonchev–Trinajstić information content (AvgIpc) is 2.68. The zero-order chi connectivity index (χ0) is 20.8. The number of benzene rings is 2. The first-order chi connectivity index (χ1) is 13.3. The number of ether oxygens (including phenoxy) is 2. The highest BCUT2D eigenvalue weighted by atomic mass is 19.2. The molecule has 0 heterocycles. The van der Waals surface area contributed by atoms with Gasteiger partial charge in [0, 0.05) is 26.0 Å². The molecule has 0 atom stereocenters. The van der Waals surface area contributed by atoms with Gasteiger partial charge < -0.3 is 19.7 Å². The molecule has 9 heteroatoms. The Balaban J connectivity index is 2.15. The van der Waals surface area contributed by atoms with Crippen LogP contribution in [0.25, 0.3) is 0 Å². The lowest BCUT2D eigenvalue weighted by Crippen LogP contribution is -2.32. The Hall–Kier alpha value is -3.23. The van der Waals surface area contributed by atoms with Crippen molar-refractivity contribution in [2.24, 2.45) is 0 Å². The third-order valence-corrected chi connectivity index (χ3v) is 3.93. The molecule has 0 unspecified atom stereocenters. The second-order valence-electron chi connectivity index (χ2n) is 5.73. The first-order valence-corrected chi connectivity index (χ1v) is 8.22. The highest BCUT2D eigenvalue weighted by Gasteiger charge is 2.20. The maximum absolute atomic E-state index is 13.7. The molecule has 0 aliphatic carbocycles. The number of hydrogen-bond donors (Lipinski definition) is 1. The third kappa shape index (κ3) is 4.73. The van der Waals surface area contributed by atoms with Gasteiger partial charge in [0.1, 0.15) is 11.5 Å². The molecule has 2 aromatic rings. The summed E-state index contributed by atoms with van der Waals surface area (Å²) < 4.78 is 50.3. The number of amides is 2. The summed E-state index contributed by atoms with van der Waals surface area (Å²) in [6, 6.07) is 6.46. The first kappa shape index (κ1) is 21.1. The van der Waals surface area contributed by atoms with Crippen LogP contribution in [0.3, 0.4) is 0 Å². The largest absolute Gasteiger partial charge is 0.497 e. The Kier molecular flexibility index (Phi) is 6.86. The van der Waals surface area contributed by atoms with Gasteiger partial charge in [-0.05, 0) is 24.3 Å². The molecule has 2 rings (SSSR count). The van der Waals surface area contributed by atoms with E-state index in [1.54, 1.807) is 18.2 Å². The number of halogens is 3. The number of nitrogens with one attached hydrogen (secondary N) is 1. The smallest absolute Gasteiger partial charge is 0.226 e. The van der Waals surface area contributed by atoms with E-state index >= 15 is 0 Å². The van der Waals surface area contributed by atoms with Gasteiger partial charge in [0.25, 0.3) is 0 Å². The summed E-state index contributed by atoms with van der Waals surface area (Å²) in [6.07, 6.45) is -0.224. The predicted molar refractivity (Wildman–Crippen MR) is 97.1 cm³/mol. The van der Waals surface area contributed by atoms with E-state index in [1.807, 2.05) is 0 Å². The molecule has 0 aliphatic heterocycles. The summed E-state index contributed by atoms with van der Waals surface area (Å²) in [5.41, 5.74) is -0.0987. The number of anilines is 2. The summed E-state index contributed by atoms with van der Waals surface area (Å²) in [6.45, 7) is 1.25. The molecule has 0 fully saturated rings. The SMILES string of the molecule is COc1ccc(OC)c(N(CCC(=O)Nc2ccc(F)c(F)c2F)C(C)=O)c1. The van der Waals surface area contributed by atoms with Crippen LogP contribution in [0.15, 0.2) is 30.3 Å². The molecule has 0 aromatic heterocycles. The van der Waals surface area contributed by atoms with Gasteiger partial charge in [-0.2, -0.15) is 0 Å². The quantitative estimate of drug-likeness (QED) is 0.728. The molecule has 0 bridgehead atoms. The zero-order valence-electron chi connectivity index (χ0n) is 15.5. The van der Waals surface area contributed by atoms with Crippen molar-refractivity contribution >= 4 is 23.2 Å². The Morgan fingerprint density at radius 1 is 1.04 bits per heavy atom. The Morgan fingerprint density at radius 3 is 2.36 bits per heavy atom. The second-order valence-corrected chi connectivity index (χ2v) is 5.73. The molecular weight excluding hydrogens is 377 g/mol. The van der Waals surface area contributed by atoms with Crippen LogP contribution in [0.1, 0.15) is 13.3 Å². The second kappa shape index (κ2) is 9.12. The minimum atomic E-state index is -1.68. The summed E-state index contributed by atoms with van der Waals surface area (Å²) in [7, 11) is 2.90. The van der Waals surface area contributed by atoms with E-state index in [0.717, 1.165) is 6.07 Å². The van der Waals surface area contributed by atoms with Crippen molar-refractivity contribution in [2.75, 3.05) is 31.0 Å². The first-order valence-electron chi connectivity index (χ1n) is 8.22. The number of nitrogens with zero attached hydrogens (tertiary/aromatic N) is 1. The van der Waals surface area contributed by atoms with E-state index in [1.165, 1.54) is 26.0 Å². The van der Waals surface area contributed by atoms with Gasteiger partial charge in [0.2, 0.25) is 11.8 Å². The van der Waals surface area contributed by atoms with Crippen molar-refractivity contribution in [1.29, 1.82) is 0 Å². The van der Waals surface area contributed by atoms with Gasteiger partial charge in [0.05, 0.1) is 25.6 Å². The summed E-state index contributed by atoms with van der Waals surface area (Å²) in [4.78, 5) is 25.5. The molecule has 150 valence electrons. The fourth-order valence-electron chi connectivity index (χ4n) is 2.50. The van der Waals surface area contributed by atoms with Crippen LogP contribution in [-0.2, 0) is 9.59 Å². The van der Waals surface area contributed by atoms with Gasteiger partial charge in [-0.1, -0.05) is 0 Å². The Bertz CT molecular complexity index is 890. The van der Waals surface area contributed by atoms with E-state index in [2.05, 4.69) is 5.32 Å². The van der Waals surface area contributed by atoms with Crippen LogP contribution >= 0.6 is 0 Å². The lowest BCUT2D eigenvalue weighted by Gasteiger charge is -2.23. The van der Waals surface area contributed by atoms with Crippen LogP contribution in [0.2, 0.25) is 0 Å². The van der Waals surface area contributed by atoms with E-state index in [4.69, 9.17) is 9.47 Å². The highest BCUT2D eigenvalue weighted by molar-refractivity contribution is 5.96. The molecule has 6 nitrogen and oxygen atoms in total. The maximum Gasteiger partial charge on any atom is 0.226 e. The molecule has 0 spiro atoms. The minimum Gasteiger partial charge on any atom is -0.497 e. The molecule has 2 aromatic carbocycles. The van der Waals surface area contributed by atoms with Gasteiger partial charge in [-0.15, -0.1) is 0 Å². The number of hydrogen-bond acceptors (Lipinski definition) is 4. The number of carbonyl (C=O) groups excluding carboxylic acids is 2. The van der Waals surface area contributed by atoms with Crippen LogP contribution in [-0.4, -0.2) is 32.6 Å². The molecule has 28 heavy (non-hydrogen) atoms. The lowest BCUT2D eigenvalue weighted by atomic mass is 10.2. The van der Waals surface area contributed by atoms with Gasteiger partial charge in [0.15, 0.2) is 17.5 Å². The minimum absolute atomic E-state index is 0.0595. The zero-order valence-corrected chi connectivity index (χ0v) is 15.5. The van der Waals surface area contributed by atoms with Crippen LogP contribution in [0, 0.1) is 17.5 Å². The number of carbonyl (C=O) groups is 2. The van der Waals surface area contributed by atoms with Crippen molar-refractivity contribution in [3.8, 4) is 11.5 Å². The summed E-state index contributed by atoms with van der Waals surface area (Å²) >= 11 is 0. The molecule has 0 radical (unpaired) electrons. The monoisotopic (exact) mass is 396 g/mol. The topological polar surface area (TPSA) is 67.9 Å². The highest BCUT2D eigenvalue weighted by Crippen LogP contribution is 2.32. The normalized spacial score (nSPS) is 10.4. The van der Waals surface area contributed by atoms with Crippen molar-refractivity contribution in [2.45, 2.75) is 13.3 Å². The van der Waals surface area contributed by atoms with E-state index in [0.29, 0.717) is 23.3 Å².